The number of amides is 1. The van der Waals surface area contributed by atoms with E-state index in [2.05, 4.69) is 0 Å². The van der Waals surface area contributed by atoms with Gasteiger partial charge in [0, 0.05) is 18.7 Å². The Hall–Kier alpha value is -1.62. The van der Waals surface area contributed by atoms with E-state index in [0.29, 0.717) is 25.9 Å². The minimum Gasteiger partial charge on any atom is -0.505 e. The largest absolute Gasteiger partial charge is 0.505 e. The number of halogens is 1. The summed E-state index contributed by atoms with van der Waals surface area (Å²) in [5.41, 5.74) is 0.0357. The Balaban J connectivity index is 2.21. The van der Waals surface area contributed by atoms with Crippen LogP contribution >= 0.6 is 0 Å². The fraction of sp³-hybridized carbons (Fsp3) is 0.533. The molecule has 1 atom stereocenters. The zero-order valence-corrected chi connectivity index (χ0v) is 11.8. The van der Waals surface area contributed by atoms with Crippen LogP contribution in [0.25, 0.3) is 0 Å². The molecule has 0 bridgehead atoms. The summed E-state index contributed by atoms with van der Waals surface area (Å²) in [4.78, 5) is 14.0. The monoisotopic (exact) mass is 281 g/mol. The minimum atomic E-state index is -0.801. The summed E-state index contributed by atoms with van der Waals surface area (Å²) in [5, 5.41) is 19.0. The quantitative estimate of drug-likeness (QED) is 0.829. The smallest absolute Gasteiger partial charge is 0.253 e. The molecular weight excluding hydrogens is 261 g/mol. The van der Waals surface area contributed by atoms with Crippen LogP contribution in [0.5, 0.6) is 5.75 Å². The van der Waals surface area contributed by atoms with Gasteiger partial charge in [0.2, 0.25) is 0 Å². The first-order valence-corrected chi connectivity index (χ1v) is 6.74. The van der Waals surface area contributed by atoms with Crippen LogP contribution in [0.4, 0.5) is 4.39 Å². The Morgan fingerprint density at radius 3 is 2.80 bits per heavy atom. The zero-order valence-electron chi connectivity index (χ0n) is 11.8. The highest BCUT2D eigenvalue weighted by Crippen LogP contribution is 2.29. The van der Waals surface area contributed by atoms with Crippen LogP contribution in [0.1, 0.15) is 37.0 Å². The van der Waals surface area contributed by atoms with E-state index >= 15 is 0 Å². The molecule has 1 aliphatic heterocycles. The molecule has 20 heavy (non-hydrogen) atoms. The third kappa shape index (κ3) is 3.28. The normalized spacial score (nSPS) is 22.4. The molecule has 110 valence electrons. The van der Waals surface area contributed by atoms with Gasteiger partial charge in [-0.1, -0.05) is 13.8 Å². The topological polar surface area (TPSA) is 60.8 Å². The number of aromatic hydroxyl groups is 1. The number of hydrogen-bond acceptors (Lipinski definition) is 3. The highest BCUT2D eigenvalue weighted by atomic mass is 19.1. The number of rotatable bonds is 1. The van der Waals surface area contributed by atoms with Crippen molar-refractivity contribution in [2.45, 2.75) is 32.8 Å². The van der Waals surface area contributed by atoms with Gasteiger partial charge in [0.15, 0.2) is 11.6 Å². The van der Waals surface area contributed by atoms with Crippen molar-refractivity contribution in [2.24, 2.45) is 5.41 Å². The lowest BCUT2D eigenvalue weighted by Gasteiger charge is -2.29. The summed E-state index contributed by atoms with van der Waals surface area (Å²) in [6.45, 7) is 4.97. The molecule has 1 amide bonds. The number of phenols is 1. The maximum Gasteiger partial charge on any atom is 0.253 e. The standard InChI is InChI=1S/C15H20FNO3/c1-15(2)8-11(18)5-6-17(9-15)14(20)10-3-4-13(19)12(16)7-10/h3-4,7,11,18-19H,5-6,8-9H2,1-2H3/t11-/m1/s1. The second-order valence-electron chi connectivity index (χ2n) is 6.20. The lowest BCUT2D eigenvalue weighted by molar-refractivity contribution is 0.0704. The molecular formula is C15H20FNO3. The van der Waals surface area contributed by atoms with E-state index < -0.39 is 17.7 Å². The SMILES string of the molecule is CC1(C)C[C@H](O)CCN(C(=O)c2ccc(O)c(F)c2)C1. The Morgan fingerprint density at radius 1 is 1.45 bits per heavy atom. The van der Waals surface area contributed by atoms with Gasteiger partial charge in [-0.15, -0.1) is 0 Å². The van der Waals surface area contributed by atoms with Gasteiger partial charge in [-0.2, -0.15) is 0 Å². The number of aliphatic hydroxyl groups excluding tert-OH is 1. The Kier molecular flexibility index (Phi) is 3.99. The van der Waals surface area contributed by atoms with Crippen molar-refractivity contribution in [3.63, 3.8) is 0 Å². The van der Waals surface area contributed by atoms with Crippen LogP contribution in [-0.2, 0) is 0 Å². The molecule has 1 aromatic rings. The number of nitrogens with zero attached hydrogens (tertiary/aromatic N) is 1. The van der Waals surface area contributed by atoms with Crippen molar-refractivity contribution in [1.82, 2.24) is 4.90 Å². The van der Waals surface area contributed by atoms with E-state index in [1.165, 1.54) is 12.1 Å². The molecule has 2 rings (SSSR count). The van der Waals surface area contributed by atoms with Gasteiger partial charge in [0.05, 0.1) is 6.10 Å². The van der Waals surface area contributed by atoms with Gasteiger partial charge in [-0.05, 0) is 36.5 Å². The number of carbonyl (C=O) groups excluding carboxylic acids is 1. The van der Waals surface area contributed by atoms with E-state index in [4.69, 9.17) is 5.11 Å². The van der Waals surface area contributed by atoms with Gasteiger partial charge >= 0.3 is 0 Å². The number of phenolic OH excluding ortho intramolecular Hbond substituents is 1. The number of benzene rings is 1. The van der Waals surface area contributed by atoms with Crippen LogP contribution in [0.15, 0.2) is 18.2 Å². The maximum absolute atomic E-state index is 13.3. The predicted molar refractivity (Wildman–Crippen MR) is 73.0 cm³/mol. The molecule has 4 nitrogen and oxygen atoms in total. The average molecular weight is 281 g/mol. The van der Waals surface area contributed by atoms with Crippen molar-refractivity contribution < 1.29 is 19.4 Å². The second-order valence-corrected chi connectivity index (χ2v) is 6.20. The third-order valence-electron chi connectivity index (χ3n) is 3.62. The fourth-order valence-electron chi connectivity index (χ4n) is 2.70. The van der Waals surface area contributed by atoms with Gasteiger partial charge in [-0.3, -0.25) is 4.79 Å². The number of hydrogen-bond donors (Lipinski definition) is 2. The molecule has 0 aliphatic carbocycles. The first-order valence-electron chi connectivity index (χ1n) is 6.74. The van der Waals surface area contributed by atoms with Gasteiger partial charge in [0.25, 0.3) is 5.91 Å². The number of likely N-dealkylation sites (tertiary alicyclic amines) is 1. The summed E-state index contributed by atoms with van der Waals surface area (Å²) >= 11 is 0. The van der Waals surface area contributed by atoms with E-state index in [1.807, 2.05) is 13.8 Å². The summed E-state index contributed by atoms with van der Waals surface area (Å²) in [6.07, 6.45) is 0.746. The molecule has 5 heteroatoms. The van der Waals surface area contributed by atoms with Crippen molar-refractivity contribution in [3.05, 3.63) is 29.6 Å². The van der Waals surface area contributed by atoms with E-state index in [0.717, 1.165) is 6.07 Å². The van der Waals surface area contributed by atoms with Crippen LogP contribution < -0.4 is 0 Å². The Morgan fingerprint density at radius 2 is 2.15 bits per heavy atom. The van der Waals surface area contributed by atoms with Gasteiger partial charge in [0.1, 0.15) is 0 Å². The predicted octanol–water partition coefficient (Wildman–Crippen LogP) is 2.15. The lowest BCUT2D eigenvalue weighted by atomic mass is 9.87. The molecule has 0 aromatic heterocycles. The van der Waals surface area contributed by atoms with Crippen molar-refractivity contribution >= 4 is 5.91 Å². The molecule has 2 N–H and O–H groups in total. The summed E-state index contributed by atoms with van der Waals surface area (Å²) in [5.74, 6) is -1.54. The van der Waals surface area contributed by atoms with Crippen LogP contribution in [0.3, 0.4) is 0 Å². The third-order valence-corrected chi connectivity index (χ3v) is 3.62. The number of aliphatic hydroxyl groups is 1. The van der Waals surface area contributed by atoms with Crippen molar-refractivity contribution in [1.29, 1.82) is 0 Å². The number of carbonyl (C=O) groups is 1. The summed E-state index contributed by atoms with van der Waals surface area (Å²) in [6, 6.07) is 3.64. The molecule has 1 heterocycles. The van der Waals surface area contributed by atoms with Gasteiger partial charge < -0.3 is 15.1 Å². The fourth-order valence-corrected chi connectivity index (χ4v) is 2.70. The van der Waals surface area contributed by atoms with E-state index in [-0.39, 0.29) is 16.9 Å². The molecule has 1 aromatic carbocycles. The second kappa shape index (κ2) is 5.40. The lowest BCUT2D eigenvalue weighted by Crippen LogP contribution is -2.37. The maximum atomic E-state index is 13.3. The molecule has 1 saturated heterocycles. The van der Waals surface area contributed by atoms with Crippen molar-refractivity contribution in [3.8, 4) is 5.75 Å². The molecule has 0 spiro atoms. The van der Waals surface area contributed by atoms with Crippen molar-refractivity contribution in [2.75, 3.05) is 13.1 Å². The highest BCUT2D eigenvalue weighted by molar-refractivity contribution is 5.94. The van der Waals surface area contributed by atoms with Gasteiger partial charge in [-0.25, -0.2) is 4.39 Å². The first-order chi connectivity index (χ1) is 9.28. The molecule has 1 fully saturated rings. The zero-order chi connectivity index (χ0) is 14.9. The molecule has 0 unspecified atom stereocenters. The van der Waals surface area contributed by atoms with Crippen LogP contribution in [0.2, 0.25) is 0 Å². The van der Waals surface area contributed by atoms with E-state index in [9.17, 15) is 14.3 Å². The molecule has 1 aliphatic rings. The minimum absolute atomic E-state index is 0.180. The van der Waals surface area contributed by atoms with Crippen LogP contribution in [0, 0.1) is 11.2 Å². The average Bonchev–Trinajstić information content (AvgIpc) is 2.49. The highest BCUT2D eigenvalue weighted by Gasteiger charge is 2.31. The molecule has 0 radical (unpaired) electrons. The van der Waals surface area contributed by atoms with E-state index in [1.54, 1.807) is 4.90 Å². The molecule has 0 saturated carbocycles. The summed E-state index contributed by atoms with van der Waals surface area (Å²) < 4.78 is 13.3. The van der Waals surface area contributed by atoms with Crippen LogP contribution in [-0.4, -0.2) is 40.2 Å². The Bertz CT molecular complexity index is 516. The first kappa shape index (κ1) is 14.8. The summed E-state index contributed by atoms with van der Waals surface area (Å²) in [7, 11) is 0. The Labute approximate surface area is 117 Å².